The van der Waals surface area contributed by atoms with Crippen LogP contribution in [-0.4, -0.2) is 34.6 Å². The van der Waals surface area contributed by atoms with Gasteiger partial charge in [0.2, 0.25) is 0 Å². The van der Waals surface area contributed by atoms with Crippen molar-refractivity contribution < 1.29 is 19.4 Å². The molecule has 124 valence electrons. The third kappa shape index (κ3) is 2.95. The first kappa shape index (κ1) is 16.0. The van der Waals surface area contributed by atoms with Gasteiger partial charge < -0.3 is 15.2 Å². The summed E-state index contributed by atoms with van der Waals surface area (Å²) >= 11 is 0. The lowest BCUT2D eigenvalue weighted by Gasteiger charge is -2.38. The molecule has 0 atom stereocenters. The standard InChI is InChI=1S/C18H18N2O4/c1-24-15-5-3-12(4-6-15)13-9-14(11-19-10-13)16(21)20-18(17(22)23)7-2-8-18/h3-6,9-11H,2,7-8H2,1H3,(H,20,21)(H,22,23). The summed E-state index contributed by atoms with van der Waals surface area (Å²) in [5, 5.41) is 12.0. The molecular weight excluding hydrogens is 308 g/mol. The van der Waals surface area contributed by atoms with Crippen molar-refractivity contribution in [3.63, 3.8) is 0 Å². The quantitative estimate of drug-likeness (QED) is 0.881. The number of ether oxygens (including phenoxy) is 1. The molecule has 1 fully saturated rings. The Morgan fingerprint density at radius 3 is 2.42 bits per heavy atom. The molecule has 3 rings (SSSR count). The number of methoxy groups -OCH3 is 1. The van der Waals surface area contributed by atoms with Gasteiger partial charge in [-0.15, -0.1) is 0 Å². The molecule has 0 spiro atoms. The van der Waals surface area contributed by atoms with Crippen LogP contribution in [0.2, 0.25) is 0 Å². The van der Waals surface area contributed by atoms with Gasteiger partial charge in [-0.1, -0.05) is 12.1 Å². The summed E-state index contributed by atoms with van der Waals surface area (Å²) < 4.78 is 5.13. The SMILES string of the molecule is COc1ccc(-c2cncc(C(=O)NC3(C(=O)O)CCC3)c2)cc1. The van der Waals surface area contributed by atoms with Gasteiger partial charge in [0.25, 0.3) is 5.91 Å². The fourth-order valence-electron chi connectivity index (χ4n) is 2.72. The predicted octanol–water partition coefficient (Wildman–Crippen LogP) is 2.49. The van der Waals surface area contributed by atoms with Crippen molar-refractivity contribution in [2.75, 3.05) is 7.11 Å². The van der Waals surface area contributed by atoms with Crippen LogP contribution in [0.5, 0.6) is 5.75 Å². The van der Waals surface area contributed by atoms with Gasteiger partial charge in [0.15, 0.2) is 0 Å². The molecule has 1 aliphatic rings. The lowest BCUT2D eigenvalue weighted by Crippen LogP contribution is -2.59. The third-order valence-electron chi connectivity index (χ3n) is 4.39. The number of carbonyl (C=O) groups excluding carboxylic acids is 1. The van der Waals surface area contributed by atoms with Crippen molar-refractivity contribution in [2.24, 2.45) is 0 Å². The van der Waals surface area contributed by atoms with Crippen LogP contribution in [0.25, 0.3) is 11.1 Å². The minimum Gasteiger partial charge on any atom is -0.497 e. The number of carbonyl (C=O) groups is 2. The molecule has 24 heavy (non-hydrogen) atoms. The van der Waals surface area contributed by atoms with Crippen LogP contribution >= 0.6 is 0 Å². The zero-order valence-electron chi connectivity index (χ0n) is 13.3. The number of nitrogens with one attached hydrogen (secondary N) is 1. The molecule has 2 aromatic rings. The maximum absolute atomic E-state index is 12.4. The maximum atomic E-state index is 12.4. The van der Waals surface area contributed by atoms with Gasteiger partial charge in [-0.3, -0.25) is 9.78 Å². The molecule has 0 saturated heterocycles. The molecule has 2 N–H and O–H groups in total. The Hall–Kier alpha value is -2.89. The van der Waals surface area contributed by atoms with Gasteiger partial charge >= 0.3 is 5.97 Å². The van der Waals surface area contributed by atoms with E-state index in [1.165, 1.54) is 6.20 Å². The lowest BCUT2D eigenvalue weighted by molar-refractivity contribution is -0.148. The summed E-state index contributed by atoms with van der Waals surface area (Å²) in [5.41, 5.74) is 0.890. The predicted molar refractivity (Wildman–Crippen MR) is 87.9 cm³/mol. The number of aromatic nitrogens is 1. The fourth-order valence-corrected chi connectivity index (χ4v) is 2.72. The minimum absolute atomic E-state index is 0.343. The molecule has 1 aromatic heterocycles. The summed E-state index contributed by atoms with van der Waals surface area (Å²) in [5.74, 6) is -0.657. The first-order valence-corrected chi connectivity index (χ1v) is 7.69. The Morgan fingerprint density at radius 2 is 1.88 bits per heavy atom. The number of pyridine rings is 1. The van der Waals surface area contributed by atoms with Gasteiger partial charge in [0.1, 0.15) is 11.3 Å². The van der Waals surface area contributed by atoms with Gasteiger partial charge in [-0.05, 0) is 43.0 Å². The van der Waals surface area contributed by atoms with E-state index in [1.54, 1.807) is 19.4 Å². The second-order valence-corrected chi connectivity index (χ2v) is 5.89. The van der Waals surface area contributed by atoms with E-state index in [0.29, 0.717) is 18.4 Å². The average molecular weight is 326 g/mol. The summed E-state index contributed by atoms with van der Waals surface area (Å²) in [7, 11) is 1.60. The fraction of sp³-hybridized carbons (Fsp3) is 0.278. The molecule has 0 radical (unpaired) electrons. The van der Waals surface area contributed by atoms with Crippen molar-refractivity contribution in [1.82, 2.24) is 10.3 Å². The highest BCUT2D eigenvalue weighted by molar-refractivity contribution is 5.98. The van der Waals surface area contributed by atoms with Crippen LogP contribution in [0.3, 0.4) is 0 Å². The van der Waals surface area contributed by atoms with Crippen LogP contribution in [0.4, 0.5) is 0 Å². The summed E-state index contributed by atoms with van der Waals surface area (Å²) in [6, 6.07) is 9.12. The van der Waals surface area contributed by atoms with Gasteiger partial charge in [-0.25, -0.2) is 4.79 Å². The second kappa shape index (κ2) is 6.31. The van der Waals surface area contributed by atoms with E-state index >= 15 is 0 Å². The molecule has 6 nitrogen and oxygen atoms in total. The molecule has 6 heteroatoms. The van der Waals surface area contributed by atoms with E-state index in [2.05, 4.69) is 10.3 Å². The highest BCUT2D eigenvalue weighted by Gasteiger charge is 2.45. The Balaban J connectivity index is 1.81. The topological polar surface area (TPSA) is 88.5 Å². The third-order valence-corrected chi connectivity index (χ3v) is 4.39. The number of nitrogens with zero attached hydrogens (tertiary/aromatic N) is 1. The summed E-state index contributed by atoms with van der Waals surface area (Å²) in [6.45, 7) is 0. The number of amides is 1. The van der Waals surface area contributed by atoms with E-state index in [1.807, 2.05) is 24.3 Å². The number of carboxylic acid groups (broad SMARTS) is 1. The molecule has 1 amide bonds. The highest BCUT2D eigenvalue weighted by Crippen LogP contribution is 2.32. The Kier molecular flexibility index (Phi) is 4.20. The number of carboxylic acids is 1. The average Bonchev–Trinajstić information content (AvgIpc) is 2.57. The molecule has 0 unspecified atom stereocenters. The van der Waals surface area contributed by atoms with Crippen molar-refractivity contribution in [1.29, 1.82) is 0 Å². The molecular formula is C18H18N2O4. The van der Waals surface area contributed by atoms with Gasteiger partial charge in [0.05, 0.1) is 12.7 Å². The Labute approximate surface area is 139 Å². The Morgan fingerprint density at radius 1 is 1.17 bits per heavy atom. The van der Waals surface area contributed by atoms with E-state index in [-0.39, 0.29) is 0 Å². The van der Waals surface area contributed by atoms with E-state index in [9.17, 15) is 14.7 Å². The Bertz CT molecular complexity index is 767. The summed E-state index contributed by atoms with van der Waals surface area (Å²) in [4.78, 5) is 27.9. The van der Waals surface area contributed by atoms with Gasteiger partial charge in [0, 0.05) is 18.0 Å². The number of rotatable bonds is 5. The van der Waals surface area contributed by atoms with Gasteiger partial charge in [-0.2, -0.15) is 0 Å². The smallest absolute Gasteiger partial charge is 0.329 e. The first-order valence-electron chi connectivity index (χ1n) is 7.69. The normalized spacial score (nSPS) is 15.2. The molecule has 1 heterocycles. The van der Waals surface area contributed by atoms with Crippen molar-refractivity contribution >= 4 is 11.9 Å². The zero-order chi connectivity index (χ0) is 17.2. The van der Waals surface area contributed by atoms with E-state index in [0.717, 1.165) is 23.3 Å². The second-order valence-electron chi connectivity index (χ2n) is 5.89. The van der Waals surface area contributed by atoms with E-state index < -0.39 is 17.4 Å². The molecule has 1 saturated carbocycles. The van der Waals surface area contributed by atoms with Crippen LogP contribution < -0.4 is 10.1 Å². The van der Waals surface area contributed by atoms with Crippen LogP contribution in [0.1, 0.15) is 29.6 Å². The zero-order valence-corrected chi connectivity index (χ0v) is 13.3. The summed E-state index contributed by atoms with van der Waals surface area (Å²) in [6.07, 6.45) is 4.82. The molecule has 1 aromatic carbocycles. The largest absolute Gasteiger partial charge is 0.497 e. The number of benzene rings is 1. The van der Waals surface area contributed by atoms with Crippen molar-refractivity contribution in [3.05, 3.63) is 48.3 Å². The minimum atomic E-state index is -1.13. The molecule has 0 aliphatic heterocycles. The van der Waals surface area contributed by atoms with Crippen LogP contribution in [0, 0.1) is 0 Å². The highest BCUT2D eigenvalue weighted by atomic mass is 16.5. The lowest BCUT2D eigenvalue weighted by atomic mass is 9.76. The first-order chi connectivity index (χ1) is 11.5. The van der Waals surface area contributed by atoms with Crippen molar-refractivity contribution in [2.45, 2.75) is 24.8 Å². The monoisotopic (exact) mass is 326 g/mol. The van der Waals surface area contributed by atoms with Crippen molar-refractivity contribution in [3.8, 4) is 16.9 Å². The molecule has 0 bridgehead atoms. The number of aliphatic carboxylic acids is 1. The number of hydrogen-bond donors (Lipinski definition) is 2. The number of hydrogen-bond acceptors (Lipinski definition) is 4. The van der Waals surface area contributed by atoms with Crippen LogP contribution in [0.15, 0.2) is 42.7 Å². The molecule has 1 aliphatic carbocycles. The maximum Gasteiger partial charge on any atom is 0.329 e. The van der Waals surface area contributed by atoms with E-state index in [4.69, 9.17) is 4.74 Å². The van der Waals surface area contributed by atoms with Crippen LogP contribution in [-0.2, 0) is 4.79 Å².